The summed E-state index contributed by atoms with van der Waals surface area (Å²) in [6.45, 7) is 4.24. The third kappa shape index (κ3) is 2.63. The minimum absolute atomic E-state index is 0.121. The number of nitrogens with zero attached hydrogens (tertiary/aromatic N) is 6. The number of aryl methyl sites for hydroxylation is 1. The maximum Gasteiger partial charge on any atom is 0.276 e. The summed E-state index contributed by atoms with van der Waals surface area (Å²) >= 11 is 0. The summed E-state index contributed by atoms with van der Waals surface area (Å²) in [6, 6.07) is 3.54. The molecular weight excluding hydrogens is 296 g/mol. The Bertz CT molecular complexity index is 832. The zero-order chi connectivity index (χ0) is 15.8. The molecule has 0 saturated heterocycles. The lowest BCUT2D eigenvalue weighted by Gasteiger charge is -2.26. The summed E-state index contributed by atoms with van der Waals surface area (Å²) in [6.07, 6.45) is 5.68. The van der Waals surface area contributed by atoms with Gasteiger partial charge < -0.3 is 14.0 Å². The summed E-state index contributed by atoms with van der Waals surface area (Å²) in [4.78, 5) is 18.8. The molecule has 0 radical (unpaired) electrons. The number of rotatable bonds is 3. The largest absolute Gasteiger partial charge is 0.361 e. The zero-order valence-electron chi connectivity index (χ0n) is 12.7. The summed E-state index contributed by atoms with van der Waals surface area (Å²) in [7, 11) is 0. The fraction of sp³-hybridized carbons (Fsp3) is 0.333. The summed E-state index contributed by atoms with van der Waals surface area (Å²) in [5.74, 6) is 1.39. The van der Waals surface area contributed by atoms with Crippen molar-refractivity contribution >= 4 is 5.91 Å². The van der Waals surface area contributed by atoms with E-state index in [2.05, 4.69) is 19.8 Å². The van der Waals surface area contributed by atoms with Crippen LogP contribution in [0.3, 0.4) is 0 Å². The van der Waals surface area contributed by atoms with E-state index in [1.165, 1.54) is 0 Å². The highest BCUT2D eigenvalue weighted by Gasteiger charge is 2.25. The lowest BCUT2D eigenvalue weighted by molar-refractivity contribution is 0.0697. The van der Waals surface area contributed by atoms with Crippen LogP contribution in [0.15, 0.2) is 35.2 Å². The third-order valence-corrected chi connectivity index (χ3v) is 3.87. The normalized spacial score (nSPS) is 14.0. The molecule has 0 atom stereocenters. The average molecular weight is 312 g/mol. The van der Waals surface area contributed by atoms with E-state index in [9.17, 15) is 4.79 Å². The molecule has 0 fully saturated rings. The van der Waals surface area contributed by atoms with Gasteiger partial charge >= 0.3 is 0 Å². The highest BCUT2D eigenvalue weighted by Crippen LogP contribution is 2.16. The Labute approximate surface area is 132 Å². The fourth-order valence-electron chi connectivity index (χ4n) is 2.75. The topological polar surface area (TPSA) is 82.0 Å². The monoisotopic (exact) mass is 312 g/mol. The molecule has 1 amide bonds. The molecule has 8 nitrogen and oxygen atoms in total. The molecule has 4 rings (SSSR count). The number of carbonyl (C=O) groups excluding carboxylic acids is 1. The van der Waals surface area contributed by atoms with Crippen molar-refractivity contribution < 1.29 is 9.32 Å². The SMILES string of the molecule is Cc1cc(C(=O)N2CCn3cc(Cn4cccn4)nc3C2)no1. The van der Waals surface area contributed by atoms with Gasteiger partial charge in [0.15, 0.2) is 5.69 Å². The molecule has 0 bridgehead atoms. The summed E-state index contributed by atoms with van der Waals surface area (Å²) in [5, 5.41) is 7.98. The molecule has 4 heterocycles. The first-order valence-corrected chi connectivity index (χ1v) is 7.44. The van der Waals surface area contributed by atoms with Crippen molar-refractivity contribution in [3.8, 4) is 0 Å². The van der Waals surface area contributed by atoms with Gasteiger partial charge in [0.2, 0.25) is 0 Å². The molecule has 0 saturated carbocycles. The van der Waals surface area contributed by atoms with Crippen LogP contribution in [0.25, 0.3) is 0 Å². The van der Waals surface area contributed by atoms with Gasteiger partial charge in [-0.25, -0.2) is 4.98 Å². The van der Waals surface area contributed by atoms with Gasteiger partial charge in [0.25, 0.3) is 5.91 Å². The van der Waals surface area contributed by atoms with Crippen molar-refractivity contribution in [1.29, 1.82) is 0 Å². The van der Waals surface area contributed by atoms with Crippen LogP contribution in [0.2, 0.25) is 0 Å². The van der Waals surface area contributed by atoms with E-state index in [4.69, 9.17) is 4.52 Å². The number of imidazole rings is 1. The summed E-state index contributed by atoms with van der Waals surface area (Å²) < 4.78 is 8.90. The molecule has 0 unspecified atom stereocenters. The van der Waals surface area contributed by atoms with Crippen LogP contribution < -0.4 is 0 Å². The molecule has 23 heavy (non-hydrogen) atoms. The molecule has 1 aliphatic rings. The number of aromatic nitrogens is 5. The second-order valence-corrected chi connectivity index (χ2v) is 5.60. The van der Waals surface area contributed by atoms with E-state index < -0.39 is 0 Å². The molecule has 8 heteroatoms. The van der Waals surface area contributed by atoms with Crippen molar-refractivity contribution in [2.45, 2.75) is 26.6 Å². The smallest absolute Gasteiger partial charge is 0.276 e. The van der Waals surface area contributed by atoms with Crippen molar-refractivity contribution in [2.24, 2.45) is 0 Å². The van der Waals surface area contributed by atoms with Gasteiger partial charge in [-0.2, -0.15) is 5.10 Å². The van der Waals surface area contributed by atoms with Gasteiger partial charge in [-0.05, 0) is 13.0 Å². The number of fused-ring (bicyclic) bond motifs is 1. The Morgan fingerprint density at radius 2 is 2.30 bits per heavy atom. The number of carbonyl (C=O) groups is 1. The quantitative estimate of drug-likeness (QED) is 0.723. The average Bonchev–Trinajstić information content (AvgIpc) is 3.26. The highest BCUT2D eigenvalue weighted by molar-refractivity contribution is 5.92. The van der Waals surface area contributed by atoms with Crippen molar-refractivity contribution in [3.63, 3.8) is 0 Å². The van der Waals surface area contributed by atoms with Gasteiger partial charge in [-0.1, -0.05) is 5.16 Å². The number of amides is 1. The van der Waals surface area contributed by atoms with Crippen LogP contribution in [0.1, 0.15) is 27.8 Å². The zero-order valence-corrected chi connectivity index (χ0v) is 12.7. The first-order valence-electron chi connectivity index (χ1n) is 7.44. The van der Waals surface area contributed by atoms with E-state index in [0.29, 0.717) is 31.1 Å². The molecule has 118 valence electrons. The fourth-order valence-corrected chi connectivity index (χ4v) is 2.75. The number of hydrogen-bond acceptors (Lipinski definition) is 5. The van der Waals surface area contributed by atoms with E-state index in [0.717, 1.165) is 18.1 Å². The first kappa shape index (κ1) is 13.7. The molecule has 3 aromatic rings. The Morgan fingerprint density at radius 3 is 3.04 bits per heavy atom. The molecule has 1 aliphatic heterocycles. The Morgan fingerprint density at radius 1 is 1.39 bits per heavy atom. The maximum absolute atomic E-state index is 12.4. The summed E-state index contributed by atoms with van der Waals surface area (Å²) in [5.41, 5.74) is 1.29. The van der Waals surface area contributed by atoms with E-state index >= 15 is 0 Å². The third-order valence-electron chi connectivity index (χ3n) is 3.87. The van der Waals surface area contributed by atoms with Gasteiger partial charge in [0.1, 0.15) is 11.6 Å². The second kappa shape index (κ2) is 5.38. The Balaban J connectivity index is 1.50. The lowest BCUT2D eigenvalue weighted by atomic mass is 10.3. The first-order chi connectivity index (χ1) is 11.2. The predicted octanol–water partition coefficient (Wildman–Crippen LogP) is 1.08. The van der Waals surface area contributed by atoms with Crippen molar-refractivity contribution in [3.05, 3.63) is 53.7 Å². The van der Waals surface area contributed by atoms with Gasteiger partial charge in [-0.3, -0.25) is 9.48 Å². The van der Waals surface area contributed by atoms with Crippen LogP contribution in [-0.2, 0) is 19.6 Å². The highest BCUT2D eigenvalue weighted by atomic mass is 16.5. The van der Waals surface area contributed by atoms with E-state index in [1.807, 2.05) is 23.1 Å². The standard InChI is InChI=1S/C15H16N6O2/c1-11-7-13(18-23-11)15(22)20-6-5-19-8-12(17-14(19)10-20)9-21-4-2-3-16-21/h2-4,7-8H,5-6,9-10H2,1H3. The van der Waals surface area contributed by atoms with Crippen LogP contribution in [0.5, 0.6) is 0 Å². The van der Waals surface area contributed by atoms with Crippen LogP contribution in [0.4, 0.5) is 0 Å². The Hall–Kier alpha value is -2.90. The van der Waals surface area contributed by atoms with Crippen LogP contribution in [-0.4, -0.2) is 41.8 Å². The van der Waals surface area contributed by atoms with Gasteiger partial charge in [0.05, 0.1) is 18.8 Å². The minimum atomic E-state index is -0.121. The predicted molar refractivity (Wildman–Crippen MR) is 79.5 cm³/mol. The van der Waals surface area contributed by atoms with E-state index in [-0.39, 0.29) is 5.91 Å². The molecule has 3 aromatic heterocycles. The van der Waals surface area contributed by atoms with Gasteiger partial charge in [-0.15, -0.1) is 0 Å². The Kier molecular flexibility index (Phi) is 3.22. The molecule has 0 spiro atoms. The van der Waals surface area contributed by atoms with Gasteiger partial charge in [0, 0.05) is 37.7 Å². The number of hydrogen-bond donors (Lipinski definition) is 0. The van der Waals surface area contributed by atoms with Crippen LogP contribution in [0, 0.1) is 6.92 Å². The van der Waals surface area contributed by atoms with Crippen LogP contribution >= 0.6 is 0 Å². The van der Waals surface area contributed by atoms with Crippen molar-refractivity contribution in [2.75, 3.05) is 6.54 Å². The molecule has 0 N–H and O–H groups in total. The second-order valence-electron chi connectivity index (χ2n) is 5.60. The molecular formula is C15H16N6O2. The lowest BCUT2D eigenvalue weighted by Crippen LogP contribution is -2.38. The maximum atomic E-state index is 12.4. The van der Waals surface area contributed by atoms with E-state index in [1.54, 1.807) is 24.1 Å². The minimum Gasteiger partial charge on any atom is -0.361 e. The molecule has 0 aromatic carbocycles. The molecule has 0 aliphatic carbocycles. The van der Waals surface area contributed by atoms with Crippen molar-refractivity contribution in [1.82, 2.24) is 29.4 Å².